The van der Waals surface area contributed by atoms with Crippen LogP contribution in [0, 0.1) is 3.70 Å². The predicted molar refractivity (Wildman–Crippen MR) is 138 cm³/mol. The van der Waals surface area contributed by atoms with E-state index in [1.165, 1.54) is 0 Å². The summed E-state index contributed by atoms with van der Waals surface area (Å²) in [6, 6.07) is 35.2. The minimum Gasteiger partial charge on any atom is -0.456 e. The minimum absolute atomic E-state index is 0.743. The van der Waals surface area contributed by atoms with Crippen LogP contribution >= 0.6 is 22.6 Å². The molecule has 0 unspecified atom stereocenters. The van der Waals surface area contributed by atoms with Gasteiger partial charge in [0, 0.05) is 21.9 Å². The lowest BCUT2D eigenvalue weighted by molar-refractivity contribution is 0.669. The van der Waals surface area contributed by atoms with Crippen molar-refractivity contribution in [1.82, 2.24) is 9.97 Å². The zero-order valence-electron chi connectivity index (χ0n) is 17.0. The van der Waals surface area contributed by atoms with Crippen LogP contribution in [0.4, 0.5) is 0 Å². The van der Waals surface area contributed by atoms with Crippen LogP contribution in [-0.4, -0.2) is 9.97 Å². The van der Waals surface area contributed by atoms with Crippen LogP contribution < -0.4 is 0 Å². The maximum atomic E-state index is 6.06. The monoisotopic (exact) mass is 524 g/mol. The van der Waals surface area contributed by atoms with Crippen molar-refractivity contribution in [3.05, 3.63) is 107 Å². The number of fused-ring (bicyclic) bond motifs is 3. The van der Waals surface area contributed by atoms with Crippen molar-refractivity contribution < 1.29 is 4.42 Å². The van der Waals surface area contributed by atoms with Crippen LogP contribution in [0.1, 0.15) is 0 Å². The third kappa shape index (κ3) is 3.46. The van der Waals surface area contributed by atoms with Crippen molar-refractivity contribution in [3.8, 4) is 33.8 Å². The van der Waals surface area contributed by atoms with E-state index in [0.29, 0.717) is 0 Å². The molecule has 0 aliphatic rings. The maximum absolute atomic E-state index is 6.06. The van der Waals surface area contributed by atoms with Crippen molar-refractivity contribution >= 4 is 44.5 Å². The summed E-state index contributed by atoms with van der Waals surface area (Å²) in [4.78, 5) is 9.42. The molecule has 0 fully saturated rings. The van der Waals surface area contributed by atoms with Gasteiger partial charge in [-0.15, -0.1) is 0 Å². The lowest BCUT2D eigenvalue weighted by atomic mass is 10.0. The van der Waals surface area contributed by atoms with E-state index in [4.69, 9.17) is 9.40 Å². The first-order valence-corrected chi connectivity index (χ1v) is 11.4. The molecule has 0 atom stereocenters. The molecule has 0 aliphatic heterocycles. The molecule has 6 rings (SSSR count). The van der Waals surface area contributed by atoms with E-state index in [2.05, 4.69) is 76.1 Å². The summed E-state index contributed by atoms with van der Waals surface area (Å²) >= 11 is 2.25. The van der Waals surface area contributed by atoms with E-state index in [-0.39, 0.29) is 0 Å². The van der Waals surface area contributed by atoms with Gasteiger partial charge in [-0.25, -0.2) is 9.97 Å². The molecule has 0 aliphatic carbocycles. The van der Waals surface area contributed by atoms with Gasteiger partial charge < -0.3 is 4.42 Å². The quantitative estimate of drug-likeness (QED) is 0.174. The second kappa shape index (κ2) is 7.88. The number of rotatable bonds is 3. The third-order valence-corrected chi connectivity index (χ3v) is 6.17. The van der Waals surface area contributed by atoms with Gasteiger partial charge in [0.2, 0.25) is 0 Å². The smallest absolute Gasteiger partial charge is 0.160 e. The van der Waals surface area contributed by atoms with Gasteiger partial charge in [-0.1, -0.05) is 78.9 Å². The molecule has 4 aromatic carbocycles. The molecule has 0 saturated heterocycles. The van der Waals surface area contributed by atoms with Gasteiger partial charge in [0.25, 0.3) is 0 Å². The van der Waals surface area contributed by atoms with Crippen LogP contribution in [0.3, 0.4) is 0 Å². The fourth-order valence-electron chi connectivity index (χ4n) is 4.02. The summed E-state index contributed by atoms with van der Waals surface area (Å²) in [5.74, 6) is 0.743. The predicted octanol–water partition coefficient (Wildman–Crippen LogP) is 7.98. The van der Waals surface area contributed by atoms with Gasteiger partial charge in [0.05, 0.1) is 5.69 Å². The average molecular weight is 524 g/mol. The fraction of sp³-hybridized carbons (Fsp3) is 0. The number of halogens is 1. The lowest BCUT2D eigenvalue weighted by Crippen LogP contribution is -1.95. The van der Waals surface area contributed by atoms with Gasteiger partial charge in [-0.3, -0.25) is 0 Å². The number of hydrogen-bond acceptors (Lipinski definition) is 3. The Labute approximate surface area is 198 Å². The van der Waals surface area contributed by atoms with Crippen LogP contribution in [0.2, 0.25) is 0 Å². The first kappa shape index (κ1) is 19.2. The molecular weight excluding hydrogens is 507 g/mol. The second-order valence-electron chi connectivity index (χ2n) is 7.65. The zero-order chi connectivity index (χ0) is 21.5. The van der Waals surface area contributed by atoms with Gasteiger partial charge in [-0.05, 0) is 58.0 Å². The first-order chi connectivity index (χ1) is 15.7. The molecule has 152 valence electrons. The molecule has 2 heterocycles. The number of benzene rings is 4. The summed E-state index contributed by atoms with van der Waals surface area (Å²) < 4.78 is 6.98. The minimum atomic E-state index is 0.743. The van der Waals surface area contributed by atoms with Crippen LogP contribution in [0.5, 0.6) is 0 Å². The summed E-state index contributed by atoms with van der Waals surface area (Å²) in [6.45, 7) is 0. The molecule has 0 N–H and O–H groups in total. The van der Waals surface area contributed by atoms with Gasteiger partial charge in [0.1, 0.15) is 14.9 Å². The molecular formula is C28H17IN2O. The van der Waals surface area contributed by atoms with Crippen molar-refractivity contribution in [1.29, 1.82) is 0 Å². The van der Waals surface area contributed by atoms with Gasteiger partial charge in [-0.2, -0.15) is 0 Å². The Kier molecular flexibility index (Phi) is 4.72. The van der Waals surface area contributed by atoms with Crippen molar-refractivity contribution in [3.63, 3.8) is 0 Å². The normalized spacial score (nSPS) is 11.3. The molecule has 3 nitrogen and oxygen atoms in total. The van der Waals surface area contributed by atoms with Crippen LogP contribution in [-0.2, 0) is 0 Å². The van der Waals surface area contributed by atoms with Crippen molar-refractivity contribution in [2.75, 3.05) is 0 Å². The molecule has 6 aromatic rings. The average Bonchev–Trinajstić information content (AvgIpc) is 3.22. The SMILES string of the molecule is Ic1cc(-c2ccc(-c3ccc4c(c3)oc3ccccc34)cc2)nc(-c2ccccc2)n1. The molecule has 0 amide bonds. The highest BCUT2D eigenvalue weighted by molar-refractivity contribution is 14.1. The van der Waals surface area contributed by atoms with Crippen molar-refractivity contribution in [2.45, 2.75) is 0 Å². The van der Waals surface area contributed by atoms with E-state index >= 15 is 0 Å². The Bertz CT molecular complexity index is 1570. The molecule has 0 spiro atoms. The van der Waals surface area contributed by atoms with Crippen molar-refractivity contribution in [2.24, 2.45) is 0 Å². The molecule has 2 aromatic heterocycles. The first-order valence-electron chi connectivity index (χ1n) is 10.4. The number of hydrogen-bond donors (Lipinski definition) is 0. The highest BCUT2D eigenvalue weighted by Gasteiger charge is 2.10. The Balaban J connectivity index is 1.36. The molecule has 32 heavy (non-hydrogen) atoms. The van der Waals surface area contributed by atoms with E-state index in [1.807, 2.05) is 54.6 Å². The van der Waals surface area contributed by atoms with Crippen LogP contribution in [0.25, 0.3) is 55.7 Å². The highest BCUT2D eigenvalue weighted by Crippen LogP contribution is 2.33. The Morgan fingerprint density at radius 2 is 1.22 bits per heavy atom. The molecule has 0 saturated carbocycles. The molecule has 0 radical (unpaired) electrons. The number of para-hydroxylation sites is 1. The summed E-state index contributed by atoms with van der Waals surface area (Å²) in [6.07, 6.45) is 0. The number of nitrogens with zero attached hydrogens (tertiary/aromatic N) is 2. The maximum Gasteiger partial charge on any atom is 0.160 e. The second-order valence-corrected chi connectivity index (χ2v) is 8.76. The highest BCUT2D eigenvalue weighted by atomic mass is 127. The topological polar surface area (TPSA) is 38.9 Å². The fourth-order valence-corrected chi connectivity index (χ4v) is 4.54. The lowest BCUT2D eigenvalue weighted by Gasteiger charge is -2.07. The zero-order valence-corrected chi connectivity index (χ0v) is 19.2. The number of aromatic nitrogens is 2. The van der Waals surface area contributed by atoms with Gasteiger partial charge in [0.15, 0.2) is 5.82 Å². The third-order valence-electron chi connectivity index (χ3n) is 5.62. The van der Waals surface area contributed by atoms with E-state index < -0.39 is 0 Å². The molecule has 0 bridgehead atoms. The Morgan fingerprint density at radius 3 is 2.06 bits per heavy atom. The van der Waals surface area contributed by atoms with Crippen LogP contribution in [0.15, 0.2) is 108 Å². The van der Waals surface area contributed by atoms with E-state index in [0.717, 1.165) is 59.4 Å². The number of furan rings is 1. The Morgan fingerprint density at radius 1 is 0.531 bits per heavy atom. The summed E-state index contributed by atoms with van der Waals surface area (Å²) in [5.41, 5.74) is 7.10. The van der Waals surface area contributed by atoms with E-state index in [1.54, 1.807) is 0 Å². The summed E-state index contributed by atoms with van der Waals surface area (Å²) in [5, 5.41) is 2.29. The summed E-state index contributed by atoms with van der Waals surface area (Å²) in [7, 11) is 0. The largest absolute Gasteiger partial charge is 0.456 e. The molecule has 4 heteroatoms. The Hall–Kier alpha value is -3.51. The van der Waals surface area contributed by atoms with E-state index in [9.17, 15) is 0 Å². The standard InChI is InChI=1S/C28H17IN2O/c29-27-17-24(30-28(31-27)20-6-2-1-3-7-20)19-12-10-18(11-13-19)21-14-15-23-22-8-4-5-9-25(22)32-26(23)16-21/h1-17H. The van der Waals surface area contributed by atoms with Gasteiger partial charge >= 0.3 is 0 Å².